The lowest BCUT2D eigenvalue weighted by Gasteiger charge is -2.20. The molecule has 0 saturated heterocycles. The molecule has 0 aliphatic heterocycles. The average molecular weight is 191 g/mol. The molecule has 3 rings (SSSR count). The molecule has 0 spiro atoms. The van der Waals surface area contributed by atoms with Gasteiger partial charge in [-0.05, 0) is 43.2 Å². The third-order valence-electron chi connectivity index (χ3n) is 3.87. The van der Waals surface area contributed by atoms with Gasteiger partial charge in [-0.25, -0.2) is 0 Å². The van der Waals surface area contributed by atoms with E-state index >= 15 is 0 Å². The maximum atomic E-state index is 9.66. The summed E-state index contributed by atoms with van der Waals surface area (Å²) in [6.45, 7) is 0. The molecule has 76 valence electrons. The van der Waals surface area contributed by atoms with Crippen LogP contribution in [0.5, 0.6) is 0 Å². The predicted octanol–water partition coefficient (Wildman–Crippen LogP) is 1.36. The third-order valence-corrected chi connectivity index (χ3v) is 3.87. The monoisotopic (exact) mass is 191 g/mol. The maximum absolute atomic E-state index is 9.66. The zero-order valence-corrected chi connectivity index (χ0v) is 8.71. The summed E-state index contributed by atoms with van der Waals surface area (Å²) in [4.78, 5) is 0. The minimum atomic E-state index is -0.101. The van der Waals surface area contributed by atoms with Gasteiger partial charge >= 0.3 is 0 Å². The Kier molecular flexibility index (Phi) is 1.75. The highest BCUT2D eigenvalue weighted by atomic mass is 16.3. The van der Waals surface area contributed by atoms with E-state index in [1.807, 2.05) is 0 Å². The smallest absolute Gasteiger partial charge is 0.0598 e. The lowest BCUT2D eigenvalue weighted by atomic mass is 9.92. The highest BCUT2D eigenvalue weighted by molar-refractivity contribution is 5.43. The van der Waals surface area contributed by atoms with Crippen molar-refractivity contribution in [2.75, 3.05) is 0 Å². The molecule has 0 aromatic carbocycles. The molecule has 0 bridgehead atoms. The van der Waals surface area contributed by atoms with Gasteiger partial charge in [0.05, 0.1) is 6.10 Å². The summed E-state index contributed by atoms with van der Waals surface area (Å²) < 4.78 is 2.35. The first-order chi connectivity index (χ1) is 6.77. The van der Waals surface area contributed by atoms with E-state index in [1.165, 1.54) is 25.0 Å². The Morgan fingerprint density at radius 3 is 2.79 bits per heavy atom. The van der Waals surface area contributed by atoms with Crippen LogP contribution in [0.2, 0.25) is 0 Å². The van der Waals surface area contributed by atoms with Crippen molar-refractivity contribution in [3.8, 4) is 0 Å². The lowest BCUT2D eigenvalue weighted by molar-refractivity contribution is 0.156. The highest BCUT2D eigenvalue weighted by Crippen LogP contribution is 2.34. The Balaban J connectivity index is 2.14. The van der Waals surface area contributed by atoms with E-state index < -0.39 is 0 Å². The van der Waals surface area contributed by atoms with E-state index in [-0.39, 0.29) is 6.10 Å². The number of aromatic nitrogens is 1. The molecule has 14 heavy (non-hydrogen) atoms. The first-order valence-electron chi connectivity index (χ1n) is 5.63. The zero-order valence-electron chi connectivity index (χ0n) is 8.71. The molecule has 2 nitrogen and oxygen atoms in total. The van der Waals surface area contributed by atoms with Crippen LogP contribution in [0.15, 0.2) is 0 Å². The number of hydrogen-bond donors (Lipinski definition) is 1. The molecular formula is C12H17NO. The lowest BCUT2D eigenvalue weighted by Crippen LogP contribution is -2.20. The molecule has 0 radical (unpaired) electrons. The summed E-state index contributed by atoms with van der Waals surface area (Å²) in [5, 5.41) is 9.66. The first-order valence-corrected chi connectivity index (χ1v) is 5.63. The fraction of sp³-hybridized carbons (Fsp3) is 0.667. The van der Waals surface area contributed by atoms with Crippen LogP contribution in [0.4, 0.5) is 0 Å². The maximum Gasteiger partial charge on any atom is 0.0598 e. The summed E-state index contributed by atoms with van der Waals surface area (Å²) in [5.74, 6) is 0. The van der Waals surface area contributed by atoms with Gasteiger partial charge in [0.25, 0.3) is 0 Å². The molecule has 1 N–H and O–H groups in total. The van der Waals surface area contributed by atoms with Crippen molar-refractivity contribution in [3.63, 3.8) is 0 Å². The second-order valence-electron chi connectivity index (χ2n) is 4.66. The Hall–Kier alpha value is -0.760. The Bertz CT molecular complexity index is 378. The van der Waals surface area contributed by atoms with Gasteiger partial charge in [0.2, 0.25) is 0 Å². The standard InChI is InChI=1S/C12H17NO/c1-13-11-4-2-3-9(11)10-6-5-8(14)7-12(10)13/h8,14H,2-7H2,1H3. The van der Waals surface area contributed by atoms with Crippen LogP contribution in [-0.2, 0) is 32.7 Å². The van der Waals surface area contributed by atoms with Crippen molar-refractivity contribution in [2.45, 2.75) is 44.6 Å². The molecule has 0 fully saturated rings. The molecule has 2 aliphatic carbocycles. The van der Waals surface area contributed by atoms with Crippen LogP contribution < -0.4 is 0 Å². The largest absolute Gasteiger partial charge is 0.393 e. The van der Waals surface area contributed by atoms with Gasteiger partial charge in [0.1, 0.15) is 0 Å². The molecule has 0 saturated carbocycles. The number of fused-ring (bicyclic) bond motifs is 3. The van der Waals surface area contributed by atoms with E-state index in [0.29, 0.717) is 0 Å². The molecule has 0 amide bonds. The van der Waals surface area contributed by atoms with E-state index in [1.54, 1.807) is 16.8 Å². The molecular weight excluding hydrogens is 174 g/mol. The van der Waals surface area contributed by atoms with Gasteiger partial charge in [-0.2, -0.15) is 0 Å². The van der Waals surface area contributed by atoms with Crippen LogP contribution >= 0.6 is 0 Å². The van der Waals surface area contributed by atoms with Gasteiger partial charge in [0, 0.05) is 24.9 Å². The van der Waals surface area contributed by atoms with Crippen molar-refractivity contribution < 1.29 is 5.11 Å². The van der Waals surface area contributed by atoms with Crippen molar-refractivity contribution in [1.82, 2.24) is 4.57 Å². The summed E-state index contributed by atoms with van der Waals surface area (Å²) in [5.41, 5.74) is 6.15. The fourth-order valence-electron chi connectivity index (χ4n) is 3.15. The van der Waals surface area contributed by atoms with Crippen LogP contribution in [0.3, 0.4) is 0 Å². The average Bonchev–Trinajstić information content (AvgIpc) is 2.72. The Labute approximate surface area is 84.6 Å². The molecule has 2 aliphatic rings. The molecule has 2 heteroatoms. The van der Waals surface area contributed by atoms with Crippen LogP contribution in [-0.4, -0.2) is 15.8 Å². The number of nitrogens with zero attached hydrogens (tertiary/aromatic N) is 1. The first kappa shape index (κ1) is 8.54. The van der Waals surface area contributed by atoms with Crippen molar-refractivity contribution in [3.05, 3.63) is 22.5 Å². The van der Waals surface area contributed by atoms with E-state index in [4.69, 9.17) is 0 Å². The zero-order chi connectivity index (χ0) is 9.71. The Morgan fingerprint density at radius 2 is 1.93 bits per heavy atom. The molecule has 1 heterocycles. The number of aliphatic hydroxyl groups is 1. The van der Waals surface area contributed by atoms with Crippen LogP contribution in [0.1, 0.15) is 35.4 Å². The SMILES string of the molecule is Cn1c2c(c3c1CC(O)CC3)CCC2. The summed E-state index contributed by atoms with van der Waals surface area (Å²) >= 11 is 0. The van der Waals surface area contributed by atoms with E-state index in [0.717, 1.165) is 19.3 Å². The highest BCUT2D eigenvalue weighted by Gasteiger charge is 2.28. The molecule has 1 unspecified atom stereocenters. The normalized spacial score (nSPS) is 24.9. The van der Waals surface area contributed by atoms with Crippen molar-refractivity contribution >= 4 is 0 Å². The van der Waals surface area contributed by atoms with Crippen LogP contribution in [0, 0.1) is 0 Å². The van der Waals surface area contributed by atoms with Gasteiger partial charge in [-0.1, -0.05) is 0 Å². The van der Waals surface area contributed by atoms with E-state index in [2.05, 4.69) is 11.6 Å². The second kappa shape index (κ2) is 2.86. The quantitative estimate of drug-likeness (QED) is 0.658. The van der Waals surface area contributed by atoms with Gasteiger partial charge in [-0.3, -0.25) is 0 Å². The topological polar surface area (TPSA) is 25.2 Å². The van der Waals surface area contributed by atoms with Gasteiger partial charge in [-0.15, -0.1) is 0 Å². The predicted molar refractivity (Wildman–Crippen MR) is 55.5 cm³/mol. The minimum absolute atomic E-state index is 0.101. The third kappa shape index (κ3) is 1.01. The number of aliphatic hydroxyl groups excluding tert-OH is 1. The molecule has 1 atom stereocenters. The van der Waals surface area contributed by atoms with Crippen molar-refractivity contribution in [2.24, 2.45) is 7.05 Å². The molecule has 1 aromatic heterocycles. The second-order valence-corrected chi connectivity index (χ2v) is 4.66. The summed E-state index contributed by atoms with van der Waals surface area (Å²) in [6, 6.07) is 0. The van der Waals surface area contributed by atoms with Crippen LogP contribution in [0.25, 0.3) is 0 Å². The minimum Gasteiger partial charge on any atom is -0.393 e. The molecule has 1 aromatic rings. The number of hydrogen-bond acceptors (Lipinski definition) is 1. The van der Waals surface area contributed by atoms with Gasteiger partial charge in [0.15, 0.2) is 0 Å². The fourth-order valence-corrected chi connectivity index (χ4v) is 3.15. The number of rotatable bonds is 0. The Morgan fingerprint density at radius 1 is 1.14 bits per heavy atom. The van der Waals surface area contributed by atoms with Crippen molar-refractivity contribution in [1.29, 1.82) is 0 Å². The van der Waals surface area contributed by atoms with Gasteiger partial charge < -0.3 is 9.67 Å². The van der Waals surface area contributed by atoms with E-state index in [9.17, 15) is 5.11 Å². The summed E-state index contributed by atoms with van der Waals surface area (Å²) in [7, 11) is 2.17. The summed E-state index contributed by atoms with van der Waals surface area (Å²) in [6.07, 6.45) is 6.68.